The van der Waals surface area contributed by atoms with Crippen LogP contribution < -0.4 is 10.1 Å². The zero-order valence-corrected chi connectivity index (χ0v) is 11.7. The minimum atomic E-state index is 0.156. The van der Waals surface area contributed by atoms with E-state index in [1.54, 1.807) is 0 Å². The van der Waals surface area contributed by atoms with Crippen LogP contribution in [0, 0.1) is 0 Å². The summed E-state index contributed by atoms with van der Waals surface area (Å²) >= 11 is 0. The lowest BCUT2D eigenvalue weighted by Crippen LogP contribution is -2.41. The van der Waals surface area contributed by atoms with E-state index >= 15 is 0 Å². The molecule has 1 aromatic carbocycles. The lowest BCUT2D eigenvalue weighted by atomic mass is 9.83. The lowest BCUT2D eigenvalue weighted by molar-refractivity contribution is 0.306. The fourth-order valence-corrected chi connectivity index (χ4v) is 2.95. The van der Waals surface area contributed by atoms with E-state index in [1.165, 1.54) is 31.2 Å². The number of hydrogen-bond donors (Lipinski definition) is 1. The van der Waals surface area contributed by atoms with Gasteiger partial charge in [0.05, 0.1) is 6.61 Å². The lowest BCUT2D eigenvalue weighted by Gasteiger charge is -2.33. The molecule has 0 spiro atoms. The summed E-state index contributed by atoms with van der Waals surface area (Å²) in [4.78, 5) is 0. The van der Waals surface area contributed by atoms with Crippen molar-refractivity contribution in [3.8, 4) is 5.75 Å². The average Bonchev–Trinajstić information content (AvgIpc) is 2.66. The number of hydrogen-bond acceptors (Lipinski definition) is 2. The van der Waals surface area contributed by atoms with Gasteiger partial charge in [0.1, 0.15) is 5.75 Å². The molecule has 1 aliphatic rings. The maximum atomic E-state index is 5.63. The largest absolute Gasteiger partial charge is 0.494 e. The van der Waals surface area contributed by atoms with E-state index in [0.717, 1.165) is 25.3 Å². The molecule has 1 N–H and O–H groups in total. The van der Waals surface area contributed by atoms with Crippen molar-refractivity contribution in [2.24, 2.45) is 0 Å². The summed E-state index contributed by atoms with van der Waals surface area (Å²) < 4.78 is 5.63. The molecule has 2 heteroatoms. The van der Waals surface area contributed by atoms with Crippen molar-refractivity contribution in [1.29, 1.82) is 0 Å². The highest BCUT2D eigenvalue weighted by atomic mass is 16.5. The molecule has 0 saturated carbocycles. The zero-order valence-electron chi connectivity index (χ0n) is 11.7. The summed E-state index contributed by atoms with van der Waals surface area (Å²) in [7, 11) is 0. The number of rotatable bonds is 4. The SMILES string of the molecule is CCOc1cccc(C2(CC)CCCCCN2)c1. The molecule has 0 aliphatic carbocycles. The van der Waals surface area contributed by atoms with Crippen molar-refractivity contribution >= 4 is 0 Å². The molecule has 2 nitrogen and oxygen atoms in total. The van der Waals surface area contributed by atoms with E-state index in [0.29, 0.717) is 0 Å². The van der Waals surface area contributed by atoms with Gasteiger partial charge in [-0.05, 0) is 50.4 Å². The third-order valence-electron chi connectivity index (χ3n) is 4.04. The Morgan fingerprint density at radius 2 is 2.11 bits per heavy atom. The van der Waals surface area contributed by atoms with Crippen molar-refractivity contribution in [1.82, 2.24) is 5.32 Å². The molecule has 1 saturated heterocycles. The Morgan fingerprint density at radius 3 is 2.89 bits per heavy atom. The number of benzene rings is 1. The van der Waals surface area contributed by atoms with Crippen LogP contribution in [0.5, 0.6) is 5.75 Å². The van der Waals surface area contributed by atoms with Crippen molar-refractivity contribution in [2.75, 3.05) is 13.2 Å². The molecule has 1 aromatic rings. The fourth-order valence-electron chi connectivity index (χ4n) is 2.95. The van der Waals surface area contributed by atoms with Gasteiger partial charge in [-0.1, -0.05) is 31.9 Å². The molecule has 0 radical (unpaired) electrons. The summed E-state index contributed by atoms with van der Waals surface area (Å²) in [5.74, 6) is 0.994. The number of ether oxygens (including phenoxy) is 1. The molecular weight excluding hydrogens is 222 g/mol. The average molecular weight is 247 g/mol. The zero-order chi connectivity index (χ0) is 12.8. The monoisotopic (exact) mass is 247 g/mol. The predicted octanol–water partition coefficient (Wildman–Crippen LogP) is 3.85. The molecule has 100 valence electrons. The summed E-state index contributed by atoms with van der Waals surface area (Å²) in [6.07, 6.45) is 6.34. The molecule has 0 aromatic heterocycles. The Bertz CT molecular complexity index is 367. The first-order valence-electron chi connectivity index (χ1n) is 7.29. The molecule has 2 rings (SSSR count). The van der Waals surface area contributed by atoms with Gasteiger partial charge in [0.2, 0.25) is 0 Å². The van der Waals surface area contributed by atoms with Crippen LogP contribution in [0.1, 0.15) is 51.5 Å². The third kappa shape index (κ3) is 2.86. The molecule has 1 heterocycles. The van der Waals surface area contributed by atoms with E-state index in [2.05, 4.69) is 30.4 Å². The first kappa shape index (κ1) is 13.4. The number of nitrogens with one attached hydrogen (secondary N) is 1. The Morgan fingerprint density at radius 1 is 1.22 bits per heavy atom. The highest BCUT2D eigenvalue weighted by molar-refractivity contribution is 5.33. The topological polar surface area (TPSA) is 21.3 Å². The molecule has 1 atom stereocenters. The summed E-state index contributed by atoms with van der Waals surface area (Å²) in [6.45, 7) is 6.18. The molecule has 1 aliphatic heterocycles. The van der Waals surface area contributed by atoms with Crippen LogP contribution in [0.4, 0.5) is 0 Å². The standard InChI is InChI=1S/C16H25NO/c1-3-16(11-6-5-7-12-17-16)14-9-8-10-15(13-14)18-4-2/h8-10,13,17H,3-7,11-12H2,1-2H3. The Hall–Kier alpha value is -1.02. The maximum absolute atomic E-state index is 5.63. The summed E-state index contributed by atoms with van der Waals surface area (Å²) in [5.41, 5.74) is 1.54. The Kier molecular flexibility index (Phi) is 4.65. The van der Waals surface area contributed by atoms with Gasteiger partial charge in [0.15, 0.2) is 0 Å². The normalized spacial score (nSPS) is 24.6. The van der Waals surface area contributed by atoms with Crippen LogP contribution in [0.25, 0.3) is 0 Å². The molecule has 1 fully saturated rings. The Labute approximate surface area is 111 Å². The summed E-state index contributed by atoms with van der Waals surface area (Å²) in [6, 6.07) is 8.62. The highest BCUT2D eigenvalue weighted by Crippen LogP contribution is 2.34. The first-order chi connectivity index (χ1) is 8.80. The predicted molar refractivity (Wildman–Crippen MR) is 76.1 cm³/mol. The maximum Gasteiger partial charge on any atom is 0.119 e. The molecular formula is C16H25NO. The second-order valence-electron chi connectivity index (χ2n) is 5.13. The fraction of sp³-hybridized carbons (Fsp3) is 0.625. The van der Waals surface area contributed by atoms with Crippen molar-refractivity contribution in [3.05, 3.63) is 29.8 Å². The van der Waals surface area contributed by atoms with Gasteiger partial charge < -0.3 is 10.1 Å². The van der Waals surface area contributed by atoms with Gasteiger partial charge in [-0.2, -0.15) is 0 Å². The van der Waals surface area contributed by atoms with Crippen molar-refractivity contribution in [3.63, 3.8) is 0 Å². The van der Waals surface area contributed by atoms with Crippen molar-refractivity contribution in [2.45, 2.75) is 51.5 Å². The Balaban J connectivity index is 2.27. The van der Waals surface area contributed by atoms with E-state index in [9.17, 15) is 0 Å². The van der Waals surface area contributed by atoms with Crippen molar-refractivity contribution < 1.29 is 4.74 Å². The van der Waals surface area contributed by atoms with E-state index in [4.69, 9.17) is 4.74 Å². The third-order valence-corrected chi connectivity index (χ3v) is 4.04. The van der Waals surface area contributed by atoms with Gasteiger partial charge >= 0.3 is 0 Å². The second-order valence-corrected chi connectivity index (χ2v) is 5.13. The summed E-state index contributed by atoms with van der Waals surface area (Å²) in [5, 5.41) is 3.77. The van der Waals surface area contributed by atoms with Crippen LogP contribution in [0.3, 0.4) is 0 Å². The molecule has 18 heavy (non-hydrogen) atoms. The van der Waals surface area contributed by atoms with Crippen LogP contribution in [-0.4, -0.2) is 13.2 Å². The first-order valence-corrected chi connectivity index (χ1v) is 7.29. The molecule has 0 amide bonds. The van der Waals surface area contributed by atoms with Crippen LogP contribution in [-0.2, 0) is 5.54 Å². The highest BCUT2D eigenvalue weighted by Gasteiger charge is 2.30. The quantitative estimate of drug-likeness (QED) is 0.872. The molecule has 1 unspecified atom stereocenters. The van der Waals surface area contributed by atoms with Gasteiger partial charge in [-0.25, -0.2) is 0 Å². The van der Waals surface area contributed by atoms with Gasteiger partial charge in [-0.15, -0.1) is 0 Å². The van der Waals surface area contributed by atoms with Crippen LogP contribution >= 0.6 is 0 Å². The van der Waals surface area contributed by atoms with Crippen LogP contribution in [0.15, 0.2) is 24.3 Å². The van der Waals surface area contributed by atoms with Gasteiger partial charge in [0.25, 0.3) is 0 Å². The second kappa shape index (κ2) is 6.24. The van der Waals surface area contributed by atoms with Gasteiger partial charge in [0, 0.05) is 5.54 Å². The minimum Gasteiger partial charge on any atom is -0.494 e. The van der Waals surface area contributed by atoms with Gasteiger partial charge in [-0.3, -0.25) is 0 Å². The van der Waals surface area contributed by atoms with Crippen LogP contribution in [0.2, 0.25) is 0 Å². The molecule has 0 bridgehead atoms. The van der Waals surface area contributed by atoms with E-state index < -0.39 is 0 Å². The minimum absolute atomic E-state index is 0.156. The van der Waals surface area contributed by atoms with E-state index in [1.807, 2.05) is 13.0 Å². The van der Waals surface area contributed by atoms with E-state index in [-0.39, 0.29) is 5.54 Å². The smallest absolute Gasteiger partial charge is 0.119 e.